The zero-order chi connectivity index (χ0) is 42.1. The van der Waals surface area contributed by atoms with Gasteiger partial charge >= 0.3 is 0 Å². The van der Waals surface area contributed by atoms with Crippen molar-refractivity contribution in [3.05, 3.63) is 190 Å². The molecule has 12 nitrogen and oxygen atoms in total. The Labute approximate surface area is 366 Å². The molecule has 0 amide bonds. The van der Waals surface area contributed by atoms with E-state index in [1.165, 1.54) is 22.7 Å². The van der Waals surface area contributed by atoms with Crippen molar-refractivity contribution in [1.82, 2.24) is 29.5 Å². The summed E-state index contributed by atoms with van der Waals surface area (Å²) in [6.07, 6.45) is 7.22. The summed E-state index contributed by atoms with van der Waals surface area (Å²) in [5.74, 6) is 1.52. The van der Waals surface area contributed by atoms with Crippen molar-refractivity contribution < 1.29 is 9.47 Å². The summed E-state index contributed by atoms with van der Waals surface area (Å²) in [7, 11) is 0. The Morgan fingerprint density at radius 1 is 0.532 bits per heavy atom. The lowest BCUT2D eigenvalue weighted by atomic mass is 10.1. The maximum atomic E-state index is 6.17. The highest BCUT2D eigenvalue weighted by Crippen LogP contribution is 2.30. The van der Waals surface area contributed by atoms with Gasteiger partial charge in [0, 0.05) is 21.9 Å². The van der Waals surface area contributed by atoms with Gasteiger partial charge in [-0.3, -0.25) is 10.9 Å². The molecule has 4 heterocycles. The molecule has 0 aliphatic carbocycles. The quantitative estimate of drug-likeness (QED) is 0.0726. The molecule has 0 aliphatic rings. The molecule has 0 atom stereocenters. The largest absolute Gasteiger partial charge is 0.489 e. The molecule has 9 rings (SSSR count). The first-order chi connectivity index (χ1) is 30.5. The number of para-hydroxylation sites is 2. The molecular formula is C48H40N10O2S2. The van der Waals surface area contributed by atoms with E-state index in [0.29, 0.717) is 23.5 Å². The Hall–Kier alpha value is -7.68. The van der Waals surface area contributed by atoms with Gasteiger partial charge < -0.3 is 9.47 Å². The van der Waals surface area contributed by atoms with Crippen LogP contribution in [0.2, 0.25) is 0 Å². The molecule has 0 saturated carbocycles. The van der Waals surface area contributed by atoms with E-state index in [-0.39, 0.29) is 0 Å². The Balaban J connectivity index is 0.729. The highest BCUT2D eigenvalue weighted by Gasteiger charge is 2.15. The smallest absolute Gasteiger partial charge is 0.203 e. The lowest BCUT2D eigenvalue weighted by molar-refractivity contribution is 0.285. The number of nitrogens with zero attached hydrogens (tertiary/aromatic N) is 8. The van der Waals surface area contributed by atoms with Gasteiger partial charge in [-0.15, -0.1) is 22.7 Å². The van der Waals surface area contributed by atoms with Gasteiger partial charge in [-0.2, -0.15) is 20.4 Å². The second-order valence-corrected chi connectivity index (χ2v) is 15.8. The molecule has 0 bridgehead atoms. The number of aromatic nitrogens is 6. The number of thiazole rings is 2. The summed E-state index contributed by atoms with van der Waals surface area (Å²) in [6.45, 7) is 4.91. The maximum absolute atomic E-state index is 6.17. The number of benzene rings is 5. The van der Waals surface area contributed by atoms with Gasteiger partial charge in [0.1, 0.15) is 24.7 Å². The molecule has 0 saturated heterocycles. The normalized spacial score (nSPS) is 11.4. The SMILES string of the molecule is Cc1c(-c2csc(N/N=C/c3ccc(OCc4ccccc4COc4ccc(/C=N/Nc5nc(-c6cnn(-c7ccccc7)c6C)cs5)cc4)cc3)n2)cnn1-c1ccccc1. The molecule has 0 aliphatic heterocycles. The minimum Gasteiger partial charge on any atom is -0.489 e. The summed E-state index contributed by atoms with van der Waals surface area (Å²) in [6, 6.07) is 43.9. The summed E-state index contributed by atoms with van der Waals surface area (Å²) in [4.78, 5) is 9.45. The second-order valence-electron chi connectivity index (χ2n) is 14.1. The van der Waals surface area contributed by atoms with Crippen LogP contribution in [0.3, 0.4) is 0 Å². The Morgan fingerprint density at radius 3 is 1.35 bits per heavy atom. The van der Waals surface area contributed by atoms with Crippen LogP contribution in [0.15, 0.2) is 167 Å². The van der Waals surface area contributed by atoms with Crippen LogP contribution in [0.25, 0.3) is 33.9 Å². The third-order valence-corrected chi connectivity index (χ3v) is 11.5. The van der Waals surface area contributed by atoms with Crippen LogP contribution in [0, 0.1) is 13.8 Å². The van der Waals surface area contributed by atoms with Crippen LogP contribution >= 0.6 is 22.7 Å². The van der Waals surface area contributed by atoms with Gasteiger partial charge in [0.25, 0.3) is 0 Å². The first kappa shape index (κ1) is 39.8. The summed E-state index contributed by atoms with van der Waals surface area (Å²) >= 11 is 2.99. The van der Waals surface area contributed by atoms with Gasteiger partial charge in [0.2, 0.25) is 10.3 Å². The zero-order valence-electron chi connectivity index (χ0n) is 33.8. The fourth-order valence-corrected chi connectivity index (χ4v) is 7.98. The lowest BCUT2D eigenvalue weighted by Crippen LogP contribution is -2.03. The van der Waals surface area contributed by atoms with E-state index in [1.807, 2.05) is 168 Å². The molecule has 4 aromatic heterocycles. The predicted octanol–water partition coefficient (Wildman–Crippen LogP) is 11.0. The Bertz CT molecular complexity index is 2740. The minimum atomic E-state index is 0.407. The average molecular weight is 853 g/mol. The Morgan fingerprint density at radius 2 is 0.935 bits per heavy atom. The van der Waals surface area contributed by atoms with Crippen LogP contribution in [0.1, 0.15) is 33.6 Å². The second kappa shape index (κ2) is 18.7. The number of ether oxygens (including phenoxy) is 2. The fourth-order valence-electron chi connectivity index (χ4n) is 6.66. The van der Waals surface area contributed by atoms with Crippen LogP contribution in [-0.4, -0.2) is 42.0 Å². The van der Waals surface area contributed by atoms with Crippen molar-refractivity contribution in [2.24, 2.45) is 10.2 Å². The number of anilines is 2. The first-order valence-electron chi connectivity index (χ1n) is 19.8. The van der Waals surface area contributed by atoms with Crippen LogP contribution in [-0.2, 0) is 13.2 Å². The Kier molecular flexibility index (Phi) is 12.0. The van der Waals surface area contributed by atoms with E-state index in [9.17, 15) is 0 Å². The third-order valence-electron chi connectivity index (χ3n) is 10.00. The van der Waals surface area contributed by atoms with Gasteiger partial charge in [0.05, 0.1) is 59.0 Å². The van der Waals surface area contributed by atoms with Crippen LogP contribution in [0.4, 0.5) is 10.3 Å². The third kappa shape index (κ3) is 9.36. The summed E-state index contributed by atoms with van der Waals surface area (Å²) in [5, 5.41) is 23.4. The topological polar surface area (TPSA) is 129 Å². The number of hydrazone groups is 2. The van der Waals surface area contributed by atoms with E-state index >= 15 is 0 Å². The van der Waals surface area contributed by atoms with Crippen LogP contribution in [0.5, 0.6) is 11.5 Å². The number of rotatable bonds is 16. The van der Waals surface area contributed by atoms with Gasteiger partial charge in [0.15, 0.2) is 0 Å². The first-order valence-corrected chi connectivity index (χ1v) is 21.5. The number of hydrogen-bond acceptors (Lipinski definition) is 12. The molecule has 306 valence electrons. The van der Waals surface area contributed by atoms with Crippen molar-refractivity contribution in [2.75, 3.05) is 10.9 Å². The minimum absolute atomic E-state index is 0.407. The van der Waals surface area contributed by atoms with Crippen molar-refractivity contribution in [1.29, 1.82) is 0 Å². The monoisotopic (exact) mass is 852 g/mol. The van der Waals surface area contributed by atoms with Crippen molar-refractivity contribution in [3.63, 3.8) is 0 Å². The molecule has 0 fully saturated rings. The summed E-state index contributed by atoms with van der Waals surface area (Å²) < 4.78 is 16.2. The van der Waals surface area contributed by atoms with Gasteiger partial charge in [-0.05, 0) is 109 Å². The molecule has 62 heavy (non-hydrogen) atoms. The molecular weight excluding hydrogens is 813 g/mol. The van der Waals surface area contributed by atoms with Gasteiger partial charge in [-0.25, -0.2) is 19.3 Å². The molecule has 14 heteroatoms. The van der Waals surface area contributed by atoms with Crippen molar-refractivity contribution in [3.8, 4) is 45.4 Å². The van der Waals surface area contributed by atoms with Crippen molar-refractivity contribution >= 4 is 45.4 Å². The molecule has 0 radical (unpaired) electrons. The molecule has 5 aromatic carbocycles. The molecule has 2 N–H and O–H groups in total. The number of nitrogens with one attached hydrogen (secondary N) is 2. The summed E-state index contributed by atoms with van der Waals surface area (Å²) in [5.41, 5.74) is 17.8. The highest BCUT2D eigenvalue weighted by molar-refractivity contribution is 7.14. The molecule has 0 unspecified atom stereocenters. The fraction of sp³-hybridized carbons (Fsp3) is 0.0833. The predicted molar refractivity (Wildman–Crippen MR) is 249 cm³/mol. The van der Waals surface area contributed by atoms with E-state index < -0.39 is 0 Å². The maximum Gasteiger partial charge on any atom is 0.203 e. The van der Waals surface area contributed by atoms with Gasteiger partial charge in [-0.1, -0.05) is 60.7 Å². The average Bonchev–Trinajstić information content (AvgIpc) is 4.14. The lowest BCUT2D eigenvalue weighted by Gasteiger charge is -2.12. The standard InChI is InChI=1S/C48H40N10O2S2/c1-33-43(27-51-57(33)39-13-5-3-6-14-39)45-31-61-47(53-45)55-49-25-35-17-21-41(22-18-35)59-29-37-11-9-10-12-38(37)30-60-42-23-19-36(20-24-42)26-50-56-48-54-46(32-62-48)44-28-52-58(34(44)2)40-15-7-4-8-16-40/h3-28,31-32H,29-30H2,1-2H3,(H,53,55)(H,54,56)/b49-25+,50-26+. The van der Waals surface area contributed by atoms with E-state index in [2.05, 4.69) is 43.4 Å². The van der Waals surface area contributed by atoms with Crippen LogP contribution < -0.4 is 20.3 Å². The molecule has 0 spiro atoms. The van der Waals surface area contributed by atoms with Crippen molar-refractivity contribution in [2.45, 2.75) is 27.1 Å². The molecule has 9 aromatic rings. The van der Waals surface area contributed by atoms with E-state index in [0.717, 1.165) is 79.0 Å². The van der Waals surface area contributed by atoms with E-state index in [4.69, 9.17) is 19.4 Å². The number of hydrogen-bond donors (Lipinski definition) is 2. The van der Waals surface area contributed by atoms with E-state index in [1.54, 1.807) is 12.4 Å². The highest BCUT2D eigenvalue weighted by atomic mass is 32.1. The zero-order valence-corrected chi connectivity index (χ0v) is 35.4.